The summed E-state index contributed by atoms with van der Waals surface area (Å²) in [7, 11) is -3.11. The quantitative estimate of drug-likeness (QED) is 0.741. The van der Waals surface area contributed by atoms with Gasteiger partial charge in [-0.15, -0.1) is 0 Å². The normalized spacial score (nSPS) is 18.9. The van der Waals surface area contributed by atoms with E-state index in [2.05, 4.69) is 0 Å². The van der Waals surface area contributed by atoms with Crippen LogP contribution in [0.5, 0.6) is 0 Å². The van der Waals surface area contributed by atoms with Crippen LogP contribution in [0.4, 0.5) is 0 Å². The fourth-order valence-electron chi connectivity index (χ4n) is 1.98. The van der Waals surface area contributed by atoms with E-state index in [9.17, 15) is 13.2 Å². The number of carbonyl (C=O) groups is 1. The molecule has 1 saturated heterocycles. The highest BCUT2D eigenvalue weighted by atomic mass is 32.2. The molecule has 106 valence electrons. The molecule has 0 aliphatic carbocycles. The topological polar surface area (TPSA) is 83.9 Å². The molecule has 18 heavy (non-hydrogen) atoms. The molecule has 0 saturated carbocycles. The van der Waals surface area contributed by atoms with E-state index in [4.69, 9.17) is 9.84 Å². The molecule has 1 rings (SSSR count). The molecule has 0 radical (unpaired) electrons. The monoisotopic (exact) mass is 279 g/mol. The Morgan fingerprint density at radius 2 is 2.00 bits per heavy atom. The molecule has 1 heterocycles. The van der Waals surface area contributed by atoms with Crippen LogP contribution in [-0.4, -0.2) is 55.4 Å². The fourth-order valence-corrected chi connectivity index (χ4v) is 3.52. The van der Waals surface area contributed by atoms with Gasteiger partial charge in [-0.05, 0) is 19.3 Å². The van der Waals surface area contributed by atoms with Crippen molar-refractivity contribution in [1.82, 2.24) is 4.31 Å². The molecule has 0 spiro atoms. The lowest BCUT2D eigenvalue weighted by Gasteiger charge is -2.31. The number of rotatable bonds is 7. The van der Waals surface area contributed by atoms with Crippen molar-refractivity contribution in [2.45, 2.75) is 38.7 Å². The molecule has 0 atom stereocenters. The highest BCUT2D eigenvalue weighted by molar-refractivity contribution is 7.89. The van der Waals surface area contributed by atoms with Crippen molar-refractivity contribution in [3.8, 4) is 0 Å². The summed E-state index contributed by atoms with van der Waals surface area (Å²) in [6, 6.07) is 0. The molecule has 0 aromatic carbocycles. The number of carboxylic acid groups (broad SMARTS) is 1. The first-order valence-electron chi connectivity index (χ1n) is 6.27. The van der Waals surface area contributed by atoms with Gasteiger partial charge in [-0.25, -0.2) is 12.7 Å². The molecular weight excluding hydrogens is 258 g/mol. The van der Waals surface area contributed by atoms with Crippen LogP contribution >= 0.6 is 0 Å². The maximum absolute atomic E-state index is 11.8. The molecule has 6 nitrogen and oxygen atoms in total. The van der Waals surface area contributed by atoms with Gasteiger partial charge in [0.2, 0.25) is 10.0 Å². The van der Waals surface area contributed by atoms with Gasteiger partial charge in [0.25, 0.3) is 0 Å². The number of hydrogen-bond acceptors (Lipinski definition) is 4. The second kappa shape index (κ2) is 7.06. The zero-order valence-corrected chi connectivity index (χ0v) is 11.5. The molecule has 0 aromatic heterocycles. The Hall–Kier alpha value is -0.660. The lowest BCUT2D eigenvalue weighted by Crippen LogP contribution is -2.41. The van der Waals surface area contributed by atoms with Gasteiger partial charge in [0.15, 0.2) is 0 Å². The highest BCUT2D eigenvalue weighted by Crippen LogP contribution is 2.17. The second-order valence-corrected chi connectivity index (χ2v) is 6.52. The van der Waals surface area contributed by atoms with E-state index in [1.54, 1.807) is 0 Å². The number of nitrogens with zero attached hydrogens (tertiary/aromatic N) is 1. The summed E-state index contributed by atoms with van der Waals surface area (Å²) < 4.78 is 30.5. The average Bonchev–Trinajstić information content (AvgIpc) is 2.29. The van der Waals surface area contributed by atoms with Crippen molar-refractivity contribution in [2.24, 2.45) is 0 Å². The minimum Gasteiger partial charge on any atom is -0.481 e. The zero-order chi connectivity index (χ0) is 13.6. The van der Waals surface area contributed by atoms with Crippen LogP contribution in [0.15, 0.2) is 0 Å². The molecular formula is C11H21NO5S. The van der Waals surface area contributed by atoms with Crippen LogP contribution in [0.1, 0.15) is 32.6 Å². The Kier molecular flexibility index (Phi) is 6.04. The fraction of sp³-hybridized carbons (Fsp3) is 0.909. The van der Waals surface area contributed by atoms with Crippen molar-refractivity contribution in [1.29, 1.82) is 0 Å². The zero-order valence-electron chi connectivity index (χ0n) is 10.7. The Balaban J connectivity index is 2.30. The third-order valence-corrected chi connectivity index (χ3v) is 5.00. The number of piperidine rings is 1. The number of carboxylic acids is 1. The first kappa shape index (κ1) is 15.4. The minimum atomic E-state index is -3.11. The predicted octanol–water partition coefficient (Wildman–Crippen LogP) is 0.682. The number of ether oxygens (including phenoxy) is 1. The van der Waals surface area contributed by atoms with E-state index in [0.29, 0.717) is 32.4 Å². The SMILES string of the molecule is CCCS(=O)(=O)N1CCC(OCCC(=O)O)CC1. The Labute approximate surface area is 108 Å². The summed E-state index contributed by atoms with van der Waals surface area (Å²) in [5, 5.41) is 8.48. The van der Waals surface area contributed by atoms with Gasteiger partial charge in [-0.2, -0.15) is 0 Å². The van der Waals surface area contributed by atoms with Crippen LogP contribution in [-0.2, 0) is 19.6 Å². The molecule has 0 unspecified atom stereocenters. The van der Waals surface area contributed by atoms with Crippen LogP contribution in [0.2, 0.25) is 0 Å². The molecule has 1 fully saturated rings. The van der Waals surface area contributed by atoms with E-state index >= 15 is 0 Å². The summed E-state index contributed by atoms with van der Waals surface area (Å²) in [5.74, 6) is -0.685. The number of sulfonamides is 1. The molecule has 1 aliphatic heterocycles. The van der Waals surface area contributed by atoms with E-state index in [1.165, 1.54) is 4.31 Å². The maximum Gasteiger partial charge on any atom is 0.305 e. The van der Waals surface area contributed by atoms with Crippen molar-refractivity contribution in [3.63, 3.8) is 0 Å². The van der Waals surface area contributed by atoms with Gasteiger partial charge in [-0.1, -0.05) is 6.92 Å². The third-order valence-electron chi connectivity index (χ3n) is 2.93. The Bertz CT molecular complexity index is 360. The smallest absolute Gasteiger partial charge is 0.305 e. The summed E-state index contributed by atoms with van der Waals surface area (Å²) in [4.78, 5) is 10.3. The maximum atomic E-state index is 11.8. The van der Waals surface area contributed by atoms with E-state index < -0.39 is 16.0 Å². The van der Waals surface area contributed by atoms with Crippen LogP contribution in [0.25, 0.3) is 0 Å². The second-order valence-electron chi connectivity index (χ2n) is 4.43. The summed E-state index contributed by atoms with van der Waals surface area (Å²) >= 11 is 0. The summed E-state index contributed by atoms with van der Waals surface area (Å²) in [6.45, 7) is 2.99. The summed E-state index contributed by atoms with van der Waals surface area (Å²) in [6.07, 6.45) is 1.88. The van der Waals surface area contributed by atoms with Gasteiger partial charge in [0.1, 0.15) is 0 Å². The molecule has 1 N–H and O–H groups in total. The largest absolute Gasteiger partial charge is 0.481 e. The standard InChI is InChI=1S/C11H21NO5S/c1-2-9-18(15,16)12-6-3-10(4-7-12)17-8-5-11(13)14/h10H,2-9H2,1H3,(H,13,14). The van der Waals surface area contributed by atoms with Crippen molar-refractivity contribution in [3.05, 3.63) is 0 Å². The Morgan fingerprint density at radius 3 is 2.50 bits per heavy atom. The molecule has 0 amide bonds. The van der Waals surface area contributed by atoms with Crippen LogP contribution in [0.3, 0.4) is 0 Å². The number of aliphatic carboxylic acids is 1. The minimum absolute atomic E-state index is 0.00561. The van der Waals surface area contributed by atoms with Gasteiger partial charge >= 0.3 is 5.97 Å². The molecule has 0 aromatic rings. The van der Waals surface area contributed by atoms with Crippen LogP contribution in [0, 0.1) is 0 Å². The lowest BCUT2D eigenvalue weighted by atomic mass is 10.1. The average molecular weight is 279 g/mol. The van der Waals surface area contributed by atoms with Crippen molar-refractivity contribution in [2.75, 3.05) is 25.4 Å². The van der Waals surface area contributed by atoms with Gasteiger partial charge in [0.05, 0.1) is 24.9 Å². The van der Waals surface area contributed by atoms with Crippen molar-refractivity contribution < 1.29 is 23.1 Å². The van der Waals surface area contributed by atoms with E-state index in [-0.39, 0.29) is 24.9 Å². The lowest BCUT2D eigenvalue weighted by molar-refractivity contribution is -0.138. The Morgan fingerprint density at radius 1 is 1.39 bits per heavy atom. The first-order valence-corrected chi connectivity index (χ1v) is 7.88. The molecule has 1 aliphatic rings. The summed E-state index contributed by atoms with van der Waals surface area (Å²) in [5.41, 5.74) is 0. The third kappa shape index (κ3) is 4.91. The van der Waals surface area contributed by atoms with Crippen molar-refractivity contribution >= 4 is 16.0 Å². The van der Waals surface area contributed by atoms with Crippen LogP contribution < -0.4 is 0 Å². The molecule has 0 bridgehead atoms. The van der Waals surface area contributed by atoms with E-state index in [0.717, 1.165) is 0 Å². The first-order chi connectivity index (χ1) is 8.45. The molecule has 7 heteroatoms. The van der Waals surface area contributed by atoms with Gasteiger partial charge in [0, 0.05) is 13.1 Å². The van der Waals surface area contributed by atoms with E-state index in [1.807, 2.05) is 6.92 Å². The predicted molar refractivity (Wildman–Crippen MR) is 66.9 cm³/mol. The number of hydrogen-bond donors (Lipinski definition) is 1. The highest BCUT2D eigenvalue weighted by Gasteiger charge is 2.27. The van der Waals surface area contributed by atoms with Gasteiger partial charge in [-0.3, -0.25) is 4.79 Å². The van der Waals surface area contributed by atoms with Gasteiger partial charge < -0.3 is 9.84 Å².